The number of benzene rings is 3. The number of fused-ring (bicyclic) bond motifs is 2. The first-order valence-corrected chi connectivity index (χ1v) is 11.9. The van der Waals surface area contributed by atoms with Crippen molar-refractivity contribution in [3.8, 4) is 21.9 Å². The Hall–Kier alpha value is -4.49. The SMILES string of the molecule is O=c1[nH]c2cc(-c3ccccc3OCc3ccccc3)sc2c(=O)n1-c1cncc2ccccc12. The third-order valence-electron chi connectivity index (χ3n) is 5.85. The molecule has 0 amide bonds. The molecule has 1 N–H and O–H groups in total. The Morgan fingerprint density at radius 1 is 0.886 bits per heavy atom. The average Bonchev–Trinajstić information content (AvgIpc) is 3.32. The van der Waals surface area contributed by atoms with Crippen LogP contribution >= 0.6 is 11.3 Å². The molecule has 6 aromatic rings. The summed E-state index contributed by atoms with van der Waals surface area (Å²) in [5.74, 6) is 0.712. The molecule has 0 spiro atoms. The van der Waals surface area contributed by atoms with Gasteiger partial charge in [-0.3, -0.25) is 9.78 Å². The summed E-state index contributed by atoms with van der Waals surface area (Å²) >= 11 is 1.33. The molecule has 0 bridgehead atoms. The van der Waals surface area contributed by atoms with E-state index in [1.165, 1.54) is 11.3 Å². The molecular weight excluding hydrogens is 458 g/mol. The first kappa shape index (κ1) is 21.1. The van der Waals surface area contributed by atoms with E-state index in [1.807, 2.05) is 84.9 Å². The number of hydrogen-bond donors (Lipinski definition) is 1. The van der Waals surface area contributed by atoms with Gasteiger partial charge in [-0.25, -0.2) is 9.36 Å². The zero-order valence-corrected chi connectivity index (χ0v) is 19.3. The molecule has 0 saturated heterocycles. The Morgan fingerprint density at radius 3 is 2.54 bits per heavy atom. The minimum Gasteiger partial charge on any atom is -0.488 e. The lowest BCUT2D eigenvalue weighted by molar-refractivity contribution is 0.307. The smallest absolute Gasteiger partial charge is 0.333 e. The quantitative estimate of drug-likeness (QED) is 0.354. The van der Waals surface area contributed by atoms with Crippen molar-refractivity contribution in [1.29, 1.82) is 0 Å². The van der Waals surface area contributed by atoms with Crippen LogP contribution in [0.2, 0.25) is 0 Å². The van der Waals surface area contributed by atoms with Crippen molar-refractivity contribution in [2.75, 3.05) is 0 Å². The summed E-state index contributed by atoms with van der Waals surface area (Å²) in [5.41, 5.74) is 2.01. The van der Waals surface area contributed by atoms with Gasteiger partial charge in [0.05, 0.1) is 17.4 Å². The molecule has 0 aliphatic heterocycles. The molecule has 3 heterocycles. The minimum atomic E-state index is -0.501. The van der Waals surface area contributed by atoms with Crippen LogP contribution in [-0.2, 0) is 6.61 Å². The monoisotopic (exact) mass is 477 g/mol. The van der Waals surface area contributed by atoms with Crippen LogP contribution in [0.25, 0.3) is 37.1 Å². The first-order chi connectivity index (χ1) is 17.2. The minimum absolute atomic E-state index is 0.374. The van der Waals surface area contributed by atoms with Crippen molar-refractivity contribution in [3.63, 3.8) is 0 Å². The van der Waals surface area contributed by atoms with Crippen LogP contribution in [0.15, 0.2) is 107 Å². The highest BCUT2D eigenvalue weighted by molar-refractivity contribution is 7.22. The predicted octanol–water partition coefficient (Wildman–Crippen LogP) is 5.53. The lowest BCUT2D eigenvalue weighted by atomic mass is 10.1. The van der Waals surface area contributed by atoms with E-state index in [4.69, 9.17) is 4.74 Å². The normalized spacial score (nSPS) is 11.2. The van der Waals surface area contributed by atoms with E-state index in [0.717, 1.165) is 31.3 Å². The summed E-state index contributed by atoms with van der Waals surface area (Å²) in [6, 6.07) is 27.0. The zero-order chi connectivity index (χ0) is 23.8. The zero-order valence-electron chi connectivity index (χ0n) is 18.5. The van der Waals surface area contributed by atoms with Crippen molar-refractivity contribution < 1.29 is 4.74 Å². The van der Waals surface area contributed by atoms with E-state index < -0.39 is 5.69 Å². The maximum absolute atomic E-state index is 13.5. The van der Waals surface area contributed by atoms with E-state index in [9.17, 15) is 9.59 Å². The molecule has 0 fully saturated rings. The summed E-state index contributed by atoms with van der Waals surface area (Å²) in [5, 5.41) is 1.64. The number of nitrogens with zero attached hydrogens (tertiary/aromatic N) is 2. The van der Waals surface area contributed by atoms with Crippen molar-refractivity contribution in [2.45, 2.75) is 6.61 Å². The van der Waals surface area contributed by atoms with Crippen molar-refractivity contribution in [2.24, 2.45) is 0 Å². The van der Waals surface area contributed by atoms with Gasteiger partial charge in [-0.2, -0.15) is 0 Å². The van der Waals surface area contributed by atoms with Crippen LogP contribution in [-0.4, -0.2) is 14.5 Å². The number of aromatic nitrogens is 3. The largest absolute Gasteiger partial charge is 0.488 e. The molecule has 3 aromatic heterocycles. The molecule has 0 saturated carbocycles. The number of thiophene rings is 1. The van der Waals surface area contributed by atoms with Gasteiger partial charge in [0.2, 0.25) is 0 Å². The molecule has 170 valence electrons. The molecule has 3 aromatic carbocycles. The van der Waals surface area contributed by atoms with Gasteiger partial charge in [-0.1, -0.05) is 66.7 Å². The number of aromatic amines is 1. The molecule has 0 unspecified atom stereocenters. The van der Waals surface area contributed by atoms with Gasteiger partial charge in [0.25, 0.3) is 5.56 Å². The van der Waals surface area contributed by atoms with Gasteiger partial charge in [-0.15, -0.1) is 11.3 Å². The van der Waals surface area contributed by atoms with Crippen molar-refractivity contribution in [1.82, 2.24) is 14.5 Å². The van der Waals surface area contributed by atoms with E-state index in [-0.39, 0.29) is 5.56 Å². The second-order valence-corrected chi connectivity index (χ2v) is 9.13. The molecule has 35 heavy (non-hydrogen) atoms. The van der Waals surface area contributed by atoms with Gasteiger partial charge >= 0.3 is 5.69 Å². The maximum atomic E-state index is 13.5. The molecule has 0 atom stereocenters. The Balaban J connectivity index is 1.46. The highest BCUT2D eigenvalue weighted by Gasteiger charge is 2.17. The Labute approximate surface area is 203 Å². The highest BCUT2D eigenvalue weighted by atomic mass is 32.1. The van der Waals surface area contributed by atoms with E-state index >= 15 is 0 Å². The van der Waals surface area contributed by atoms with Crippen LogP contribution in [0, 0.1) is 0 Å². The number of H-pyrrole nitrogens is 1. The third-order valence-corrected chi connectivity index (χ3v) is 7.01. The fourth-order valence-electron chi connectivity index (χ4n) is 4.17. The molecule has 6 nitrogen and oxygen atoms in total. The van der Waals surface area contributed by atoms with Crippen LogP contribution in [0.3, 0.4) is 0 Å². The van der Waals surface area contributed by atoms with Gasteiger partial charge in [0, 0.05) is 27.4 Å². The van der Waals surface area contributed by atoms with E-state index in [2.05, 4.69) is 9.97 Å². The van der Waals surface area contributed by atoms with Gasteiger partial charge in [0.1, 0.15) is 17.1 Å². The highest BCUT2D eigenvalue weighted by Crippen LogP contribution is 2.37. The molecule has 0 radical (unpaired) electrons. The molecule has 7 heteroatoms. The summed E-state index contributed by atoms with van der Waals surface area (Å²) in [7, 11) is 0. The van der Waals surface area contributed by atoms with Crippen LogP contribution < -0.4 is 16.0 Å². The predicted molar refractivity (Wildman–Crippen MR) is 140 cm³/mol. The lowest BCUT2D eigenvalue weighted by Crippen LogP contribution is -2.33. The van der Waals surface area contributed by atoms with Gasteiger partial charge in [-0.05, 0) is 23.8 Å². The first-order valence-electron chi connectivity index (χ1n) is 11.1. The molecular formula is C28H19N3O3S. The standard InChI is InChI=1S/C28H19N3O3S/c32-27-26-22(30-28(33)31(27)23-16-29-15-19-10-4-5-11-20(19)23)14-25(35-26)21-12-6-7-13-24(21)34-17-18-8-2-1-3-9-18/h1-16H,17H2,(H,30,33). The second-order valence-electron chi connectivity index (χ2n) is 8.07. The van der Waals surface area contributed by atoms with E-state index in [1.54, 1.807) is 12.4 Å². The number of hydrogen-bond acceptors (Lipinski definition) is 5. The Kier molecular flexibility index (Phi) is 5.24. The fourth-order valence-corrected chi connectivity index (χ4v) is 5.24. The molecule has 6 rings (SSSR count). The Morgan fingerprint density at radius 2 is 1.66 bits per heavy atom. The summed E-state index contributed by atoms with van der Waals surface area (Å²) in [4.78, 5) is 34.5. The number of ether oxygens (including phenoxy) is 1. The van der Waals surface area contributed by atoms with Crippen molar-refractivity contribution in [3.05, 3.63) is 124 Å². The van der Waals surface area contributed by atoms with Crippen LogP contribution in [0.1, 0.15) is 5.56 Å². The number of pyridine rings is 1. The van der Waals surface area contributed by atoms with Gasteiger partial charge in [0.15, 0.2) is 0 Å². The lowest BCUT2D eigenvalue weighted by Gasteiger charge is -2.10. The third kappa shape index (κ3) is 3.82. The molecule has 0 aliphatic carbocycles. The average molecular weight is 478 g/mol. The van der Waals surface area contributed by atoms with Crippen LogP contribution in [0.5, 0.6) is 5.75 Å². The molecule has 0 aliphatic rings. The Bertz CT molecular complexity index is 1800. The number of para-hydroxylation sites is 1. The van der Waals surface area contributed by atoms with Crippen LogP contribution in [0.4, 0.5) is 0 Å². The maximum Gasteiger partial charge on any atom is 0.333 e. The number of rotatable bonds is 5. The summed E-state index contributed by atoms with van der Waals surface area (Å²) < 4.78 is 7.74. The topological polar surface area (TPSA) is 77.0 Å². The second kappa shape index (κ2) is 8.70. The van der Waals surface area contributed by atoms with Crippen molar-refractivity contribution >= 4 is 32.3 Å². The van der Waals surface area contributed by atoms with E-state index in [0.29, 0.717) is 28.3 Å². The van der Waals surface area contributed by atoms with Gasteiger partial charge < -0.3 is 9.72 Å². The fraction of sp³-hybridized carbons (Fsp3) is 0.0357. The summed E-state index contributed by atoms with van der Waals surface area (Å²) in [6.07, 6.45) is 3.26. The number of nitrogens with one attached hydrogen (secondary N) is 1. The summed E-state index contributed by atoms with van der Waals surface area (Å²) in [6.45, 7) is 0.431.